The Morgan fingerprint density at radius 3 is 2.52 bits per heavy atom. The molecule has 0 bridgehead atoms. The van der Waals surface area contributed by atoms with Gasteiger partial charge in [-0.05, 0) is 18.2 Å². The molecule has 1 heterocycles. The lowest BCUT2D eigenvalue weighted by atomic mass is 10.2. The highest BCUT2D eigenvalue weighted by molar-refractivity contribution is 7.93. The van der Waals surface area contributed by atoms with Crippen LogP contribution in [0.5, 0.6) is 0 Å². The number of para-hydroxylation sites is 2. The van der Waals surface area contributed by atoms with Gasteiger partial charge < -0.3 is 9.90 Å². The van der Waals surface area contributed by atoms with Crippen molar-refractivity contribution in [3.8, 4) is 0 Å². The van der Waals surface area contributed by atoms with E-state index in [1.165, 1.54) is 36.5 Å². The molecule has 0 aliphatic carbocycles. The summed E-state index contributed by atoms with van der Waals surface area (Å²) >= 11 is 0. The highest BCUT2D eigenvalue weighted by Gasteiger charge is 2.19. The number of carbonyl (C=O) groups is 1. The number of nitrogens with one attached hydrogen (secondary N) is 1. The molecular weight excluding hydrogens is 316 g/mol. The maximum absolute atomic E-state index is 12.6. The highest BCUT2D eigenvalue weighted by atomic mass is 32.2. The predicted molar refractivity (Wildman–Crippen MR) is 83.3 cm³/mol. The Kier molecular flexibility index (Phi) is 3.71. The van der Waals surface area contributed by atoms with Crippen LogP contribution in [-0.2, 0) is 10.0 Å². The average molecular weight is 327 g/mol. The number of benzene rings is 2. The zero-order chi connectivity index (χ0) is 16.4. The molecule has 1 N–H and O–H groups in total. The van der Waals surface area contributed by atoms with E-state index in [1.807, 2.05) is 0 Å². The number of fused-ring (bicyclic) bond motifs is 1. The number of pyridine rings is 1. The third-order valence-corrected chi connectivity index (χ3v) is 4.67. The first-order valence-electron chi connectivity index (χ1n) is 6.66. The molecule has 0 saturated heterocycles. The van der Waals surface area contributed by atoms with Crippen molar-refractivity contribution in [1.82, 2.24) is 4.98 Å². The van der Waals surface area contributed by atoms with E-state index in [1.54, 1.807) is 24.3 Å². The van der Waals surface area contributed by atoms with Crippen molar-refractivity contribution in [1.29, 1.82) is 0 Å². The smallest absolute Gasteiger partial charge is 0.264 e. The Labute approximate surface area is 132 Å². The maximum Gasteiger partial charge on any atom is 0.264 e. The summed E-state index contributed by atoms with van der Waals surface area (Å²) < 4.78 is 27.5. The van der Waals surface area contributed by atoms with Gasteiger partial charge in [-0.15, -0.1) is 0 Å². The number of rotatable bonds is 4. The molecule has 0 fully saturated rings. The second-order valence-corrected chi connectivity index (χ2v) is 6.42. The largest absolute Gasteiger partial charge is 0.545 e. The molecule has 7 heteroatoms. The minimum atomic E-state index is -4.00. The topological polar surface area (TPSA) is 99.2 Å². The van der Waals surface area contributed by atoms with Crippen LogP contribution in [0.25, 0.3) is 10.9 Å². The first-order valence-corrected chi connectivity index (χ1v) is 8.14. The number of aromatic carboxylic acids is 1. The fourth-order valence-corrected chi connectivity index (χ4v) is 3.50. The van der Waals surface area contributed by atoms with Gasteiger partial charge in [-0.2, -0.15) is 0 Å². The number of anilines is 1. The summed E-state index contributed by atoms with van der Waals surface area (Å²) in [7, 11) is -4.00. The molecule has 0 atom stereocenters. The maximum atomic E-state index is 12.6. The minimum Gasteiger partial charge on any atom is -0.545 e. The lowest BCUT2D eigenvalue weighted by molar-refractivity contribution is -0.254. The van der Waals surface area contributed by atoms with Gasteiger partial charge >= 0.3 is 0 Å². The molecule has 2 aromatic carbocycles. The van der Waals surface area contributed by atoms with Gasteiger partial charge in [0.2, 0.25) is 0 Å². The average Bonchev–Trinajstić information content (AvgIpc) is 2.54. The molecule has 23 heavy (non-hydrogen) atoms. The molecule has 0 radical (unpaired) electrons. The number of carboxylic acid groups (broad SMARTS) is 1. The van der Waals surface area contributed by atoms with Gasteiger partial charge in [0.1, 0.15) is 4.90 Å². The number of carbonyl (C=O) groups excluding carboxylic acids is 1. The molecule has 0 amide bonds. The quantitative estimate of drug-likeness (QED) is 0.781. The van der Waals surface area contributed by atoms with E-state index < -0.39 is 16.0 Å². The number of aromatic nitrogens is 1. The summed E-state index contributed by atoms with van der Waals surface area (Å²) in [4.78, 5) is 15.2. The van der Waals surface area contributed by atoms with Gasteiger partial charge in [-0.1, -0.05) is 36.4 Å². The van der Waals surface area contributed by atoms with Crippen molar-refractivity contribution < 1.29 is 18.3 Å². The fraction of sp³-hybridized carbons (Fsp3) is 0. The molecule has 0 saturated carbocycles. The molecule has 116 valence electrons. The van der Waals surface area contributed by atoms with E-state index in [-0.39, 0.29) is 16.1 Å². The lowest BCUT2D eigenvalue weighted by Gasteiger charge is -2.13. The molecule has 0 spiro atoms. The zero-order valence-electron chi connectivity index (χ0n) is 11.8. The van der Waals surface area contributed by atoms with Crippen LogP contribution in [0.3, 0.4) is 0 Å². The molecule has 3 aromatic rings. The van der Waals surface area contributed by atoms with E-state index in [9.17, 15) is 18.3 Å². The Morgan fingerprint density at radius 2 is 1.74 bits per heavy atom. The van der Waals surface area contributed by atoms with Crippen LogP contribution in [0, 0.1) is 0 Å². The number of nitrogens with zero attached hydrogens (tertiary/aromatic N) is 1. The van der Waals surface area contributed by atoms with Crippen LogP contribution in [0.15, 0.2) is 65.7 Å². The second-order valence-electron chi connectivity index (χ2n) is 4.77. The zero-order valence-corrected chi connectivity index (χ0v) is 12.6. The molecule has 0 aliphatic rings. The van der Waals surface area contributed by atoms with Crippen LogP contribution >= 0.6 is 0 Å². The van der Waals surface area contributed by atoms with Crippen molar-refractivity contribution in [2.24, 2.45) is 0 Å². The fourth-order valence-electron chi connectivity index (χ4n) is 2.24. The van der Waals surface area contributed by atoms with Crippen LogP contribution in [0.1, 0.15) is 10.4 Å². The summed E-state index contributed by atoms with van der Waals surface area (Å²) in [6.07, 6.45) is 1.50. The first-order chi connectivity index (χ1) is 11.0. The van der Waals surface area contributed by atoms with Gasteiger partial charge in [0.25, 0.3) is 10.0 Å². The molecule has 1 aromatic heterocycles. The summed E-state index contributed by atoms with van der Waals surface area (Å²) in [6, 6.07) is 13.9. The Bertz CT molecular complexity index is 994. The van der Waals surface area contributed by atoms with Crippen molar-refractivity contribution in [3.63, 3.8) is 0 Å². The van der Waals surface area contributed by atoms with Gasteiger partial charge in [-0.3, -0.25) is 9.71 Å². The molecule has 0 unspecified atom stereocenters. The summed E-state index contributed by atoms with van der Waals surface area (Å²) in [6.45, 7) is 0. The second kappa shape index (κ2) is 5.69. The molecule has 0 aliphatic heterocycles. The van der Waals surface area contributed by atoms with E-state index in [4.69, 9.17) is 0 Å². The normalized spacial score (nSPS) is 11.3. The minimum absolute atomic E-state index is 0.0243. The summed E-state index contributed by atoms with van der Waals surface area (Å²) in [5, 5.41) is 11.8. The number of sulfonamides is 1. The summed E-state index contributed by atoms with van der Waals surface area (Å²) in [5.41, 5.74) is 0.0261. The number of hydrogen-bond acceptors (Lipinski definition) is 5. The van der Waals surface area contributed by atoms with Crippen molar-refractivity contribution >= 4 is 32.6 Å². The van der Waals surface area contributed by atoms with E-state index in [0.29, 0.717) is 10.9 Å². The van der Waals surface area contributed by atoms with Crippen molar-refractivity contribution in [2.75, 3.05) is 4.72 Å². The van der Waals surface area contributed by atoms with Crippen LogP contribution < -0.4 is 9.83 Å². The van der Waals surface area contributed by atoms with E-state index in [0.717, 1.165) is 0 Å². The number of carboxylic acids is 1. The van der Waals surface area contributed by atoms with E-state index in [2.05, 4.69) is 9.71 Å². The molecule has 3 rings (SSSR count). The van der Waals surface area contributed by atoms with Gasteiger partial charge in [0, 0.05) is 17.1 Å². The Hall–Kier alpha value is -2.93. The highest BCUT2D eigenvalue weighted by Crippen LogP contribution is 2.24. The molecular formula is C16H11N2O4S-. The predicted octanol–water partition coefficient (Wildman–Crippen LogP) is 1.40. The van der Waals surface area contributed by atoms with Crippen LogP contribution in [0.2, 0.25) is 0 Å². The molecule has 6 nitrogen and oxygen atoms in total. The van der Waals surface area contributed by atoms with Gasteiger partial charge in [0.05, 0.1) is 17.2 Å². The standard InChI is InChI=1S/C16H12N2O4S/c19-16(20)12-7-1-2-8-13(12)18-23(21,22)14-9-3-5-11-6-4-10-17-15(11)14/h1-10,18H,(H,19,20)/p-1. The van der Waals surface area contributed by atoms with Gasteiger partial charge in [0.15, 0.2) is 0 Å². The third kappa shape index (κ3) is 2.86. The lowest BCUT2D eigenvalue weighted by Crippen LogP contribution is -2.25. The number of hydrogen-bond donors (Lipinski definition) is 1. The van der Waals surface area contributed by atoms with Crippen molar-refractivity contribution in [2.45, 2.75) is 4.90 Å². The SMILES string of the molecule is O=C([O-])c1ccccc1NS(=O)(=O)c1cccc2cccnc12. The van der Waals surface area contributed by atoms with Gasteiger partial charge in [-0.25, -0.2) is 8.42 Å². The Balaban J connectivity index is 2.11. The van der Waals surface area contributed by atoms with Crippen molar-refractivity contribution in [3.05, 3.63) is 66.4 Å². The van der Waals surface area contributed by atoms with E-state index >= 15 is 0 Å². The third-order valence-electron chi connectivity index (χ3n) is 3.28. The Morgan fingerprint density at radius 1 is 1.00 bits per heavy atom. The summed E-state index contributed by atoms with van der Waals surface area (Å²) in [5.74, 6) is -1.46. The monoisotopic (exact) mass is 327 g/mol. The first kappa shape index (κ1) is 15.0. The van der Waals surface area contributed by atoms with Crippen LogP contribution in [-0.4, -0.2) is 19.4 Å². The van der Waals surface area contributed by atoms with Crippen LogP contribution in [0.4, 0.5) is 5.69 Å².